The van der Waals surface area contributed by atoms with E-state index in [0.717, 1.165) is 0 Å². The number of amides is 1. The first-order valence-corrected chi connectivity index (χ1v) is 9.61. The Bertz CT molecular complexity index is 312. The lowest BCUT2D eigenvalue weighted by molar-refractivity contribution is -0.161. The van der Waals surface area contributed by atoms with Crippen molar-refractivity contribution in [2.24, 2.45) is 5.92 Å². The van der Waals surface area contributed by atoms with Gasteiger partial charge in [0, 0.05) is 6.61 Å². The van der Waals surface area contributed by atoms with E-state index in [1.165, 1.54) is 0 Å². The standard InChI is InChI=1S/C13H27NO3Si/c1-8-16-12-10(11(15)14-12)9(2)17-18(6,7)13(3,4)5/h9-10,12H,8H2,1-7H3,(H,14,15)/t9-,10+,12-/m1/s1. The summed E-state index contributed by atoms with van der Waals surface area (Å²) in [5, 5.41) is 2.93. The van der Waals surface area contributed by atoms with Gasteiger partial charge in [0.05, 0.1) is 6.10 Å². The van der Waals surface area contributed by atoms with Crippen LogP contribution in [0, 0.1) is 5.92 Å². The fourth-order valence-electron chi connectivity index (χ4n) is 1.87. The molecule has 1 rings (SSSR count). The van der Waals surface area contributed by atoms with Crippen LogP contribution in [0.3, 0.4) is 0 Å². The van der Waals surface area contributed by atoms with E-state index < -0.39 is 8.32 Å². The van der Waals surface area contributed by atoms with E-state index in [1.54, 1.807) is 0 Å². The molecule has 0 aliphatic carbocycles. The molecule has 1 saturated heterocycles. The maximum atomic E-state index is 11.6. The molecule has 0 aromatic carbocycles. The largest absolute Gasteiger partial charge is 0.413 e. The van der Waals surface area contributed by atoms with Gasteiger partial charge in [-0.15, -0.1) is 0 Å². The molecule has 0 aromatic rings. The summed E-state index contributed by atoms with van der Waals surface area (Å²) < 4.78 is 11.7. The fourth-order valence-corrected chi connectivity index (χ4v) is 3.30. The van der Waals surface area contributed by atoms with E-state index in [9.17, 15) is 4.79 Å². The lowest BCUT2D eigenvalue weighted by atomic mass is 9.93. The van der Waals surface area contributed by atoms with Gasteiger partial charge in [-0.25, -0.2) is 0 Å². The number of nitrogens with one attached hydrogen (secondary N) is 1. The summed E-state index contributed by atoms with van der Waals surface area (Å²) in [6.45, 7) is 15.5. The second-order valence-corrected chi connectivity index (χ2v) is 11.2. The third kappa shape index (κ3) is 3.13. The molecule has 0 aromatic heterocycles. The SMILES string of the molecule is CCO[C@H]1NC(=O)[C@@H]1[C@@H](C)O[Si](C)(C)C(C)(C)C. The molecule has 1 heterocycles. The topological polar surface area (TPSA) is 47.6 Å². The van der Waals surface area contributed by atoms with Crippen molar-refractivity contribution >= 4 is 14.2 Å². The average Bonchev–Trinajstić information content (AvgIpc) is 2.13. The monoisotopic (exact) mass is 273 g/mol. The van der Waals surface area contributed by atoms with E-state index in [1.807, 2.05) is 13.8 Å². The Morgan fingerprint density at radius 3 is 2.33 bits per heavy atom. The van der Waals surface area contributed by atoms with Gasteiger partial charge in [0.1, 0.15) is 12.1 Å². The minimum atomic E-state index is -1.83. The zero-order chi connectivity index (χ0) is 14.1. The second kappa shape index (κ2) is 5.31. The van der Waals surface area contributed by atoms with Crippen molar-refractivity contribution in [3.63, 3.8) is 0 Å². The second-order valence-electron chi connectivity index (χ2n) is 6.49. The van der Waals surface area contributed by atoms with Gasteiger partial charge in [0.15, 0.2) is 8.32 Å². The highest BCUT2D eigenvalue weighted by Crippen LogP contribution is 2.38. The summed E-state index contributed by atoms with van der Waals surface area (Å²) in [7, 11) is -1.83. The molecule has 0 saturated carbocycles. The van der Waals surface area contributed by atoms with Crippen LogP contribution in [0.2, 0.25) is 18.1 Å². The number of rotatable bonds is 5. The highest BCUT2D eigenvalue weighted by atomic mass is 28.4. The molecule has 0 radical (unpaired) electrons. The number of carbonyl (C=O) groups excluding carboxylic acids is 1. The van der Waals surface area contributed by atoms with Gasteiger partial charge in [0.25, 0.3) is 0 Å². The Morgan fingerprint density at radius 1 is 1.39 bits per heavy atom. The van der Waals surface area contributed by atoms with Crippen LogP contribution in [0.1, 0.15) is 34.6 Å². The molecule has 1 amide bonds. The van der Waals surface area contributed by atoms with Crippen LogP contribution < -0.4 is 5.32 Å². The predicted molar refractivity (Wildman–Crippen MR) is 74.8 cm³/mol. The van der Waals surface area contributed by atoms with E-state index in [-0.39, 0.29) is 29.2 Å². The Balaban J connectivity index is 2.65. The lowest BCUT2D eigenvalue weighted by Crippen LogP contribution is -2.64. The van der Waals surface area contributed by atoms with Crippen molar-refractivity contribution in [1.29, 1.82) is 0 Å². The van der Waals surface area contributed by atoms with Gasteiger partial charge >= 0.3 is 0 Å². The van der Waals surface area contributed by atoms with Crippen LogP contribution in [0.25, 0.3) is 0 Å². The first kappa shape index (κ1) is 15.7. The number of β-lactam (4-membered cyclic amide) rings is 1. The summed E-state index contributed by atoms with van der Waals surface area (Å²) in [5.74, 6) is -0.126. The third-order valence-electron chi connectivity index (χ3n) is 4.05. The molecule has 3 atom stereocenters. The Morgan fingerprint density at radius 2 is 1.94 bits per heavy atom. The van der Waals surface area contributed by atoms with E-state index in [4.69, 9.17) is 9.16 Å². The zero-order valence-corrected chi connectivity index (χ0v) is 13.7. The smallest absolute Gasteiger partial charge is 0.232 e. The van der Waals surface area contributed by atoms with Crippen molar-refractivity contribution in [3.05, 3.63) is 0 Å². The molecule has 106 valence electrons. The third-order valence-corrected chi connectivity index (χ3v) is 8.63. The van der Waals surface area contributed by atoms with Gasteiger partial charge in [-0.05, 0) is 32.0 Å². The first-order chi connectivity index (χ1) is 8.10. The quantitative estimate of drug-likeness (QED) is 0.618. The Labute approximate surface area is 112 Å². The van der Waals surface area contributed by atoms with Crippen LogP contribution in [-0.2, 0) is 14.0 Å². The summed E-state index contributed by atoms with van der Waals surface area (Å²) in [5.41, 5.74) is 0. The summed E-state index contributed by atoms with van der Waals surface area (Å²) in [6.07, 6.45) is -0.265. The molecule has 4 nitrogen and oxygen atoms in total. The molecular formula is C13H27NO3Si. The molecule has 0 bridgehead atoms. The molecule has 0 unspecified atom stereocenters. The van der Waals surface area contributed by atoms with Crippen molar-refractivity contribution in [2.75, 3.05) is 6.61 Å². The van der Waals surface area contributed by atoms with Crippen LogP contribution >= 0.6 is 0 Å². The fraction of sp³-hybridized carbons (Fsp3) is 0.923. The molecule has 5 heteroatoms. The number of hydrogen-bond acceptors (Lipinski definition) is 3. The van der Waals surface area contributed by atoms with Crippen molar-refractivity contribution < 1.29 is 14.0 Å². The van der Waals surface area contributed by atoms with E-state index in [2.05, 4.69) is 39.2 Å². The maximum absolute atomic E-state index is 11.6. The van der Waals surface area contributed by atoms with Gasteiger partial charge in [0.2, 0.25) is 5.91 Å². The van der Waals surface area contributed by atoms with Gasteiger partial charge in [-0.1, -0.05) is 20.8 Å². The summed E-state index contributed by atoms with van der Waals surface area (Å²) in [6, 6.07) is 0. The van der Waals surface area contributed by atoms with Crippen molar-refractivity contribution in [1.82, 2.24) is 5.32 Å². The first-order valence-electron chi connectivity index (χ1n) is 6.70. The van der Waals surface area contributed by atoms with E-state index in [0.29, 0.717) is 6.61 Å². The van der Waals surface area contributed by atoms with Crippen LogP contribution in [0.15, 0.2) is 0 Å². The lowest BCUT2D eigenvalue weighted by Gasteiger charge is -2.44. The summed E-state index contributed by atoms with van der Waals surface area (Å²) in [4.78, 5) is 11.6. The number of hydrogen-bond donors (Lipinski definition) is 1. The highest BCUT2D eigenvalue weighted by molar-refractivity contribution is 6.74. The summed E-state index contributed by atoms with van der Waals surface area (Å²) >= 11 is 0. The molecule has 1 aliphatic rings. The molecule has 1 aliphatic heterocycles. The number of ether oxygens (including phenoxy) is 1. The van der Waals surface area contributed by atoms with Crippen LogP contribution in [-0.4, -0.2) is 33.2 Å². The van der Waals surface area contributed by atoms with Crippen LogP contribution in [0.5, 0.6) is 0 Å². The van der Waals surface area contributed by atoms with Gasteiger partial charge in [-0.2, -0.15) is 0 Å². The zero-order valence-electron chi connectivity index (χ0n) is 12.7. The Hall–Kier alpha value is -0.393. The molecule has 18 heavy (non-hydrogen) atoms. The minimum Gasteiger partial charge on any atom is -0.413 e. The van der Waals surface area contributed by atoms with Gasteiger partial charge in [-0.3, -0.25) is 4.79 Å². The molecule has 1 fully saturated rings. The minimum absolute atomic E-state index is 0.0414. The van der Waals surface area contributed by atoms with Crippen LogP contribution in [0.4, 0.5) is 0 Å². The molecule has 1 N–H and O–H groups in total. The highest BCUT2D eigenvalue weighted by Gasteiger charge is 2.47. The van der Waals surface area contributed by atoms with E-state index >= 15 is 0 Å². The predicted octanol–water partition coefficient (Wildman–Crippen LogP) is 2.51. The maximum Gasteiger partial charge on any atom is 0.232 e. The van der Waals surface area contributed by atoms with Gasteiger partial charge < -0.3 is 14.5 Å². The molecule has 0 spiro atoms. The number of carbonyl (C=O) groups is 1. The Kier molecular flexibility index (Phi) is 4.62. The molecular weight excluding hydrogens is 246 g/mol. The average molecular weight is 273 g/mol. The normalized spacial score (nSPS) is 26.5. The van der Waals surface area contributed by atoms with Crippen molar-refractivity contribution in [2.45, 2.75) is 65.1 Å². The van der Waals surface area contributed by atoms with Crippen molar-refractivity contribution in [3.8, 4) is 0 Å².